The van der Waals surface area contributed by atoms with Crippen LogP contribution in [0, 0.1) is 0 Å². The highest BCUT2D eigenvalue weighted by atomic mass is 16.5. The monoisotopic (exact) mass is 246 g/mol. The number of esters is 1. The molecule has 0 atom stereocenters. The van der Waals surface area contributed by atoms with Crippen molar-refractivity contribution in [2.24, 2.45) is 0 Å². The molecule has 1 rings (SSSR count). The molecule has 0 aliphatic rings. The van der Waals surface area contributed by atoms with Crippen LogP contribution in [0.4, 0.5) is 0 Å². The van der Waals surface area contributed by atoms with E-state index in [1.54, 1.807) is 13.0 Å². The van der Waals surface area contributed by atoms with Crippen molar-refractivity contribution in [3.05, 3.63) is 42.0 Å². The van der Waals surface area contributed by atoms with Gasteiger partial charge < -0.3 is 4.74 Å². The molecule has 94 valence electrons. The minimum absolute atomic E-state index is 0.124. The van der Waals surface area contributed by atoms with Crippen molar-refractivity contribution in [1.29, 1.82) is 0 Å². The second kappa shape index (κ2) is 7.17. The zero-order valence-electron chi connectivity index (χ0n) is 10.1. The lowest BCUT2D eigenvalue weighted by Crippen LogP contribution is -2.19. The number of carbonyl (C=O) groups excluding carboxylic acids is 3. The maximum atomic E-state index is 11.4. The van der Waals surface area contributed by atoms with Gasteiger partial charge in [0.1, 0.15) is 0 Å². The van der Waals surface area contributed by atoms with Crippen LogP contribution in [0.5, 0.6) is 0 Å². The summed E-state index contributed by atoms with van der Waals surface area (Å²) in [6.07, 6.45) is 2.43. The standard InChI is InChI=1S/C14H14O4/c1-2-18-14(17)13(16)10-12(15)9-8-11-6-4-3-5-7-11/h3-9H,2,10H2,1H3/b9-8+. The summed E-state index contributed by atoms with van der Waals surface area (Å²) in [6, 6.07) is 9.21. The van der Waals surface area contributed by atoms with E-state index >= 15 is 0 Å². The fraction of sp³-hybridized carbons (Fsp3) is 0.214. The first-order valence-corrected chi connectivity index (χ1v) is 5.59. The van der Waals surface area contributed by atoms with E-state index in [4.69, 9.17) is 0 Å². The first kappa shape index (κ1) is 13.8. The molecule has 0 aromatic heterocycles. The molecule has 4 nitrogen and oxygen atoms in total. The molecular formula is C14H14O4. The van der Waals surface area contributed by atoms with E-state index in [1.165, 1.54) is 6.08 Å². The second-order valence-electron chi connectivity index (χ2n) is 3.53. The zero-order chi connectivity index (χ0) is 13.4. The minimum atomic E-state index is -0.959. The van der Waals surface area contributed by atoms with Crippen LogP contribution in [0.25, 0.3) is 6.08 Å². The maximum absolute atomic E-state index is 11.4. The van der Waals surface area contributed by atoms with Crippen LogP contribution in [0.15, 0.2) is 36.4 Å². The average Bonchev–Trinajstić information content (AvgIpc) is 2.38. The number of allylic oxidation sites excluding steroid dienone is 1. The third-order valence-electron chi connectivity index (χ3n) is 2.10. The van der Waals surface area contributed by atoms with E-state index in [0.29, 0.717) is 0 Å². The van der Waals surface area contributed by atoms with Gasteiger partial charge in [-0.1, -0.05) is 36.4 Å². The molecule has 0 fully saturated rings. The molecule has 0 aliphatic carbocycles. The Hall–Kier alpha value is -2.23. The normalized spacial score (nSPS) is 10.3. The summed E-state index contributed by atoms with van der Waals surface area (Å²) in [4.78, 5) is 33.7. The second-order valence-corrected chi connectivity index (χ2v) is 3.53. The van der Waals surface area contributed by atoms with Crippen LogP contribution in [-0.4, -0.2) is 24.1 Å². The van der Waals surface area contributed by atoms with Gasteiger partial charge in [0.05, 0.1) is 13.0 Å². The fourth-order valence-electron chi connectivity index (χ4n) is 1.25. The first-order chi connectivity index (χ1) is 8.63. The molecule has 0 amide bonds. The van der Waals surface area contributed by atoms with Crippen molar-refractivity contribution < 1.29 is 19.1 Å². The van der Waals surface area contributed by atoms with Gasteiger partial charge >= 0.3 is 5.97 Å². The van der Waals surface area contributed by atoms with Crippen LogP contribution in [0.3, 0.4) is 0 Å². The third-order valence-corrected chi connectivity index (χ3v) is 2.10. The Labute approximate surface area is 105 Å². The van der Waals surface area contributed by atoms with Crippen molar-refractivity contribution in [3.63, 3.8) is 0 Å². The van der Waals surface area contributed by atoms with Gasteiger partial charge in [0.2, 0.25) is 5.78 Å². The summed E-state index contributed by atoms with van der Waals surface area (Å²) in [5, 5.41) is 0. The van der Waals surface area contributed by atoms with Crippen molar-refractivity contribution in [2.45, 2.75) is 13.3 Å². The maximum Gasteiger partial charge on any atom is 0.375 e. The molecule has 0 radical (unpaired) electrons. The van der Waals surface area contributed by atoms with Gasteiger partial charge in [-0.2, -0.15) is 0 Å². The van der Waals surface area contributed by atoms with Crippen LogP contribution in [0.1, 0.15) is 18.9 Å². The Balaban J connectivity index is 2.50. The van der Waals surface area contributed by atoms with E-state index < -0.39 is 24.0 Å². The van der Waals surface area contributed by atoms with Crippen molar-refractivity contribution >= 4 is 23.6 Å². The van der Waals surface area contributed by atoms with Crippen LogP contribution in [-0.2, 0) is 19.1 Å². The predicted octanol–water partition coefficient (Wildman–Crippen LogP) is 1.79. The van der Waals surface area contributed by atoms with Gasteiger partial charge in [-0.25, -0.2) is 4.79 Å². The lowest BCUT2D eigenvalue weighted by molar-refractivity contribution is -0.154. The van der Waals surface area contributed by atoms with Crippen LogP contribution >= 0.6 is 0 Å². The third kappa shape index (κ3) is 4.74. The summed E-state index contributed by atoms with van der Waals surface area (Å²) in [6.45, 7) is 1.72. The zero-order valence-corrected chi connectivity index (χ0v) is 10.1. The number of benzene rings is 1. The highest BCUT2D eigenvalue weighted by molar-refractivity contribution is 6.37. The lowest BCUT2D eigenvalue weighted by atomic mass is 10.1. The number of rotatable bonds is 6. The molecule has 4 heteroatoms. The first-order valence-electron chi connectivity index (χ1n) is 5.59. The number of ether oxygens (including phenoxy) is 1. The van der Waals surface area contributed by atoms with Gasteiger partial charge in [-0.15, -0.1) is 0 Å². The molecule has 0 saturated carbocycles. The molecule has 0 heterocycles. The van der Waals surface area contributed by atoms with E-state index in [1.807, 2.05) is 30.3 Å². The molecule has 0 bridgehead atoms. The Kier molecular flexibility index (Phi) is 5.51. The molecule has 0 unspecified atom stereocenters. The van der Waals surface area contributed by atoms with Gasteiger partial charge in [0, 0.05) is 0 Å². The molecule has 0 saturated heterocycles. The van der Waals surface area contributed by atoms with Crippen LogP contribution in [0.2, 0.25) is 0 Å². The van der Waals surface area contributed by atoms with E-state index in [9.17, 15) is 14.4 Å². The van der Waals surface area contributed by atoms with E-state index in [2.05, 4.69) is 4.74 Å². The lowest BCUT2D eigenvalue weighted by Gasteiger charge is -1.98. The van der Waals surface area contributed by atoms with E-state index in [-0.39, 0.29) is 6.61 Å². The Bertz CT molecular complexity index is 460. The van der Waals surface area contributed by atoms with Crippen molar-refractivity contribution in [3.8, 4) is 0 Å². The number of carbonyl (C=O) groups is 3. The molecule has 0 spiro atoms. The summed E-state index contributed by atoms with van der Waals surface area (Å²) in [5.41, 5.74) is 0.856. The molecule has 1 aromatic carbocycles. The largest absolute Gasteiger partial charge is 0.460 e. The van der Waals surface area contributed by atoms with Crippen LogP contribution < -0.4 is 0 Å². The van der Waals surface area contributed by atoms with Gasteiger partial charge in [0.15, 0.2) is 5.78 Å². The Morgan fingerprint density at radius 1 is 1.17 bits per heavy atom. The number of hydrogen-bond acceptors (Lipinski definition) is 4. The van der Waals surface area contributed by atoms with Crippen molar-refractivity contribution in [1.82, 2.24) is 0 Å². The highest BCUT2D eigenvalue weighted by Gasteiger charge is 2.17. The van der Waals surface area contributed by atoms with Crippen molar-refractivity contribution in [2.75, 3.05) is 6.61 Å². The molecule has 0 N–H and O–H groups in total. The Morgan fingerprint density at radius 2 is 1.83 bits per heavy atom. The average molecular weight is 246 g/mol. The number of hydrogen-bond donors (Lipinski definition) is 0. The smallest absolute Gasteiger partial charge is 0.375 e. The van der Waals surface area contributed by atoms with E-state index in [0.717, 1.165) is 5.56 Å². The summed E-state index contributed by atoms with van der Waals surface area (Å²) in [5.74, 6) is -2.20. The summed E-state index contributed by atoms with van der Waals surface area (Å²) < 4.78 is 4.50. The molecule has 1 aromatic rings. The predicted molar refractivity (Wildman–Crippen MR) is 66.7 cm³/mol. The number of ketones is 2. The summed E-state index contributed by atoms with van der Waals surface area (Å²) >= 11 is 0. The molecular weight excluding hydrogens is 232 g/mol. The number of Topliss-reactive ketones (excluding diaryl/α,β-unsaturated/α-hetero) is 1. The van der Waals surface area contributed by atoms with Gasteiger partial charge in [0.25, 0.3) is 0 Å². The Morgan fingerprint density at radius 3 is 2.44 bits per heavy atom. The molecule has 18 heavy (non-hydrogen) atoms. The highest BCUT2D eigenvalue weighted by Crippen LogP contribution is 2.02. The quantitative estimate of drug-likeness (QED) is 0.332. The molecule has 0 aliphatic heterocycles. The van der Waals surface area contributed by atoms with Gasteiger partial charge in [-0.05, 0) is 18.6 Å². The fourth-order valence-corrected chi connectivity index (χ4v) is 1.25. The topological polar surface area (TPSA) is 60.4 Å². The SMILES string of the molecule is CCOC(=O)C(=O)CC(=O)/C=C/c1ccccc1. The minimum Gasteiger partial charge on any atom is -0.460 e. The van der Waals surface area contributed by atoms with Gasteiger partial charge in [-0.3, -0.25) is 9.59 Å². The summed E-state index contributed by atoms with van der Waals surface area (Å²) in [7, 11) is 0.